The summed E-state index contributed by atoms with van der Waals surface area (Å²) in [5.41, 5.74) is 0. The fourth-order valence-electron chi connectivity index (χ4n) is 0.577. The van der Waals surface area contributed by atoms with E-state index < -0.39 is 18.2 Å². The van der Waals surface area contributed by atoms with Crippen LogP contribution in [0.15, 0.2) is 12.7 Å². The number of hydrogen-bond donors (Lipinski definition) is 4. The van der Waals surface area contributed by atoms with Gasteiger partial charge in [-0.15, -0.1) is 6.58 Å². The Bertz CT molecular complexity index is 197. The third-order valence-corrected chi connectivity index (χ3v) is 1.31. The third-order valence-electron chi connectivity index (χ3n) is 1.31. The molecule has 4 N–H and O–H groups in total. The van der Waals surface area contributed by atoms with Crippen LogP contribution in [0.5, 0.6) is 0 Å². The van der Waals surface area contributed by atoms with E-state index in [9.17, 15) is 9.59 Å². The van der Waals surface area contributed by atoms with Crippen LogP contribution in [0, 0.1) is 0 Å². The van der Waals surface area contributed by atoms with Crippen LogP contribution in [-0.4, -0.2) is 38.7 Å². The number of hydrogen-bond acceptors (Lipinski definition) is 4. The molecule has 0 aliphatic carbocycles. The third kappa shape index (κ3) is 46.8. The summed E-state index contributed by atoms with van der Waals surface area (Å²) in [5, 5.41) is 31.9. The molecule has 0 bridgehead atoms. The van der Waals surface area contributed by atoms with Crippen molar-refractivity contribution in [3.05, 3.63) is 12.7 Å². The Kier molecular flexibility index (Phi) is 21.8. The Morgan fingerprint density at radius 3 is 1.39 bits per heavy atom. The van der Waals surface area contributed by atoms with Crippen molar-refractivity contribution in [1.82, 2.24) is 0 Å². The molecule has 0 saturated heterocycles. The predicted molar refractivity (Wildman–Crippen MR) is 68.1 cm³/mol. The van der Waals surface area contributed by atoms with Crippen LogP contribution in [0.25, 0.3) is 0 Å². The molecule has 6 nitrogen and oxygen atoms in total. The minimum atomic E-state index is -1.22. The second-order valence-corrected chi connectivity index (χ2v) is 3.29. The van der Waals surface area contributed by atoms with Crippen molar-refractivity contribution in [2.45, 2.75) is 52.2 Å². The van der Waals surface area contributed by atoms with E-state index in [0.29, 0.717) is 12.8 Å². The molecule has 0 saturated carbocycles. The fourth-order valence-corrected chi connectivity index (χ4v) is 0.577. The molecule has 6 heteroatoms. The van der Waals surface area contributed by atoms with Crippen molar-refractivity contribution in [2.24, 2.45) is 0 Å². The molecule has 0 fully saturated rings. The zero-order valence-electron chi connectivity index (χ0n) is 11.0. The summed E-state index contributed by atoms with van der Waals surface area (Å²) in [6, 6.07) is 0. The first-order valence-electron chi connectivity index (χ1n) is 5.72. The largest absolute Gasteiger partial charge is 0.481 e. The number of carbonyl (C=O) groups is 2. The molecule has 0 spiro atoms. The summed E-state index contributed by atoms with van der Waals surface area (Å²) in [5.74, 6) is -1.42. The van der Waals surface area contributed by atoms with Crippen LogP contribution in [-0.2, 0) is 9.59 Å². The minimum Gasteiger partial charge on any atom is -0.481 e. The van der Waals surface area contributed by atoms with Gasteiger partial charge in [-0.1, -0.05) is 19.9 Å². The van der Waals surface area contributed by atoms with Crippen LogP contribution in [0.2, 0.25) is 0 Å². The molecule has 108 valence electrons. The molecule has 18 heavy (non-hydrogen) atoms. The van der Waals surface area contributed by atoms with Crippen molar-refractivity contribution in [3.8, 4) is 0 Å². The molecule has 0 aromatic carbocycles. The second-order valence-electron chi connectivity index (χ2n) is 3.29. The van der Waals surface area contributed by atoms with Gasteiger partial charge in [0.25, 0.3) is 0 Å². The summed E-state index contributed by atoms with van der Waals surface area (Å²) in [4.78, 5) is 19.2. The van der Waals surface area contributed by atoms with Gasteiger partial charge in [0, 0.05) is 19.3 Å². The van der Waals surface area contributed by atoms with E-state index in [1.165, 1.54) is 6.08 Å². The summed E-state index contributed by atoms with van der Waals surface area (Å²) >= 11 is 0. The van der Waals surface area contributed by atoms with Crippen LogP contribution in [0.1, 0.15) is 46.0 Å². The summed E-state index contributed by atoms with van der Waals surface area (Å²) in [7, 11) is 0. The lowest BCUT2D eigenvalue weighted by Crippen LogP contribution is -1.99. The van der Waals surface area contributed by atoms with Gasteiger partial charge in [0.2, 0.25) is 0 Å². The molecule has 0 unspecified atom stereocenters. The molecule has 0 atom stereocenters. The topological polar surface area (TPSA) is 115 Å². The van der Waals surface area contributed by atoms with Gasteiger partial charge < -0.3 is 20.4 Å². The highest BCUT2D eigenvalue weighted by molar-refractivity contribution is 5.66. The van der Waals surface area contributed by atoms with Gasteiger partial charge in [0.15, 0.2) is 6.29 Å². The zero-order valence-corrected chi connectivity index (χ0v) is 11.0. The number of carboxylic acid groups (broad SMARTS) is 2. The number of carboxylic acids is 2. The average molecular weight is 264 g/mol. The van der Waals surface area contributed by atoms with Gasteiger partial charge in [0.1, 0.15) is 0 Å². The van der Waals surface area contributed by atoms with Crippen LogP contribution < -0.4 is 0 Å². The Morgan fingerprint density at radius 2 is 1.39 bits per heavy atom. The van der Waals surface area contributed by atoms with E-state index in [1.807, 2.05) is 13.8 Å². The Balaban J connectivity index is -0.000000187. The first kappa shape index (κ1) is 21.8. The quantitative estimate of drug-likeness (QED) is 0.428. The monoisotopic (exact) mass is 264 g/mol. The maximum Gasteiger partial charge on any atom is 0.303 e. The summed E-state index contributed by atoms with van der Waals surface area (Å²) in [6.07, 6.45) is 2.53. The summed E-state index contributed by atoms with van der Waals surface area (Å²) in [6.45, 7) is 6.96. The van der Waals surface area contributed by atoms with Gasteiger partial charge in [0.05, 0.1) is 0 Å². The first-order valence-corrected chi connectivity index (χ1v) is 5.72. The van der Waals surface area contributed by atoms with E-state index in [-0.39, 0.29) is 6.42 Å². The first-order chi connectivity index (χ1) is 8.31. The minimum absolute atomic E-state index is 0.250. The van der Waals surface area contributed by atoms with Gasteiger partial charge in [-0.25, -0.2) is 0 Å². The Hall–Kier alpha value is -1.40. The maximum atomic E-state index is 9.60. The van der Waals surface area contributed by atoms with Crippen LogP contribution >= 0.6 is 0 Å². The van der Waals surface area contributed by atoms with Crippen LogP contribution in [0.4, 0.5) is 0 Å². The molecule has 0 aromatic rings. The number of aliphatic hydroxyl groups excluding tert-OH is 1. The van der Waals surface area contributed by atoms with Crippen molar-refractivity contribution < 1.29 is 30.0 Å². The number of rotatable bonds is 6. The van der Waals surface area contributed by atoms with Crippen molar-refractivity contribution in [1.29, 1.82) is 0 Å². The van der Waals surface area contributed by atoms with Crippen molar-refractivity contribution in [3.63, 3.8) is 0 Å². The number of aliphatic carboxylic acids is 2. The smallest absolute Gasteiger partial charge is 0.303 e. The standard InChI is InChI=1S/3C4H8O2/c3*1-2-3-4(5)6/h2*2-3H2,1H3,(H,5,6);2,4-6H,1,3H2. The van der Waals surface area contributed by atoms with Crippen molar-refractivity contribution in [2.75, 3.05) is 0 Å². The van der Waals surface area contributed by atoms with E-state index >= 15 is 0 Å². The predicted octanol–water partition coefficient (Wildman–Crippen LogP) is 1.62. The average Bonchev–Trinajstić information content (AvgIpc) is 2.18. The Morgan fingerprint density at radius 1 is 1.06 bits per heavy atom. The molecule has 0 rings (SSSR count). The molecule has 0 amide bonds. The van der Waals surface area contributed by atoms with Crippen molar-refractivity contribution >= 4 is 11.9 Å². The highest BCUT2D eigenvalue weighted by Gasteiger charge is 1.88. The highest BCUT2D eigenvalue weighted by Crippen LogP contribution is 1.83. The zero-order chi connectivity index (χ0) is 15.0. The van der Waals surface area contributed by atoms with E-state index in [0.717, 1.165) is 12.8 Å². The molecule has 0 aliphatic rings. The molecular weight excluding hydrogens is 240 g/mol. The molecule has 0 aliphatic heterocycles. The van der Waals surface area contributed by atoms with Gasteiger partial charge in [-0.2, -0.15) is 0 Å². The van der Waals surface area contributed by atoms with E-state index in [1.54, 1.807) is 0 Å². The maximum absolute atomic E-state index is 9.60. The number of aliphatic hydroxyl groups is 2. The lowest BCUT2D eigenvalue weighted by Gasteiger charge is -1.91. The van der Waals surface area contributed by atoms with Gasteiger partial charge in [-0.3, -0.25) is 9.59 Å². The summed E-state index contributed by atoms with van der Waals surface area (Å²) < 4.78 is 0. The van der Waals surface area contributed by atoms with Gasteiger partial charge >= 0.3 is 11.9 Å². The molecule has 0 heterocycles. The van der Waals surface area contributed by atoms with Crippen LogP contribution in [0.3, 0.4) is 0 Å². The molecule has 0 radical (unpaired) electrons. The SMILES string of the molecule is C=CCC(O)O.CCCC(=O)O.CCCC(=O)O. The lowest BCUT2D eigenvalue weighted by atomic mass is 10.4. The molecular formula is C12H24O6. The molecule has 0 aromatic heterocycles. The highest BCUT2D eigenvalue weighted by atomic mass is 16.5. The second kappa shape index (κ2) is 18.0. The normalized spacial score (nSPS) is 8.50. The Labute approximate surface area is 108 Å². The van der Waals surface area contributed by atoms with E-state index in [2.05, 4.69) is 6.58 Å². The van der Waals surface area contributed by atoms with Gasteiger partial charge in [-0.05, 0) is 12.8 Å². The van der Waals surface area contributed by atoms with E-state index in [4.69, 9.17) is 20.4 Å². The fraction of sp³-hybridized carbons (Fsp3) is 0.667. The lowest BCUT2D eigenvalue weighted by molar-refractivity contribution is -0.138.